The van der Waals surface area contributed by atoms with Gasteiger partial charge in [-0.1, -0.05) is 0 Å². The number of nitrogen functional groups attached to an aromatic ring is 1. The average molecular weight is 234 g/mol. The maximum Gasteiger partial charge on any atom is 0.357 e. The number of ether oxygens (including phenoxy) is 1. The summed E-state index contributed by atoms with van der Waals surface area (Å²) in [7, 11) is 0. The van der Waals surface area contributed by atoms with E-state index in [1.165, 1.54) is 10.8 Å². The maximum absolute atomic E-state index is 11.9. The monoisotopic (exact) mass is 234 g/mol. The zero-order valence-electron chi connectivity index (χ0n) is 9.97. The van der Waals surface area contributed by atoms with Crippen molar-refractivity contribution in [1.82, 2.24) is 14.6 Å². The Bertz CT molecular complexity index is 568. The number of anilines is 1. The summed E-state index contributed by atoms with van der Waals surface area (Å²) in [5, 5.41) is 3.98. The number of carbonyl (C=O) groups is 1. The van der Waals surface area contributed by atoms with Crippen LogP contribution >= 0.6 is 0 Å². The highest BCUT2D eigenvalue weighted by Crippen LogP contribution is 2.16. The van der Waals surface area contributed by atoms with Crippen molar-refractivity contribution in [3.05, 3.63) is 24.2 Å². The van der Waals surface area contributed by atoms with Crippen LogP contribution in [-0.2, 0) is 4.74 Å². The number of esters is 1. The number of hydrogen-bond acceptors (Lipinski definition) is 5. The summed E-state index contributed by atoms with van der Waals surface area (Å²) in [6.07, 6.45) is 1.30. The molecular weight excluding hydrogens is 220 g/mol. The Hall–Kier alpha value is -2.11. The lowest BCUT2D eigenvalue weighted by atomic mass is 10.2. The molecule has 2 rings (SSSR count). The van der Waals surface area contributed by atoms with E-state index in [4.69, 9.17) is 10.5 Å². The van der Waals surface area contributed by atoms with E-state index in [0.717, 1.165) is 0 Å². The number of carbonyl (C=O) groups excluding carboxylic acids is 1. The van der Waals surface area contributed by atoms with Gasteiger partial charge in [0.25, 0.3) is 0 Å². The van der Waals surface area contributed by atoms with Crippen LogP contribution in [0.3, 0.4) is 0 Å². The second kappa shape index (κ2) is 3.73. The number of fused-ring (bicyclic) bond motifs is 1. The van der Waals surface area contributed by atoms with Crippen LogP contribution in [0.25, 0.3) is 5.52 Å². The summed E-state index contributed by atoms with van der Waals surface area (Å²) in [4.78, 5) is 15.8. The summed E-state index contributed by atoms with van der Waals surface area (Å²) in [5.41, 5.74) is 6.06. The van der Waals surface area contributed by atoms with Gasteiger partial charge in [0.15, 0.2) is 11.5 Å². The Kier molecular flexibility index (Phi) is 2.49. The molecule has 0 unspecified atom stereocenters. The minimum atomic E-state index is -0.542. The number of rotatable bonds is 1. The first-order chi connectivity index (χ1) is 7.88. The summed E-state index contributed by atoms with van der Waals surface area (Å²) in [6.45, 7) is 5.43. The van der Waals surface area contributed by atoms with Crippen molar-refractivity contribution in [2.75, 3.05) is 5.73 Å². The van der Waals surface area contributed by atoms with Crippen LogP contribution in [0.2, 0.25) is 0 Å². The van der Waals surface area contributed by atoms with Crippen molar-refractivity contribution in [2.45, 2.75) is 26.4 Å². The van der Waals surface area contributed by atoms with Crippen molar-refractivity contribution in [1.29, 1.82) is 0 Å². The molecule has 0 spiro atoms. The smallest absolute Gasteiger partial charge is 0.357 e. The van der Waals surface area contributed by atoms with E-state index < -0.39 is 11.6 Å². The number of nitrogens with zero attached hydrogens (tertiary/aromatic N) is 3. The van der Waals surface area contributed by atoms with E-state index in [-0.39, 0.29) is 0 Å². The second-order valence-electron chi connectivity index (χ2n) is 4.66. The lowest BCUT2D eigenvalue weighted by molar-refractivity contribution is 0.00605. The highest BCUT2D eigenvalue weighted by molar-refractivity contribution is 5.90. The summed E-state index contributed by atoms with van der Waals surface area (Å²) < 4.78 is 6.70. The minimum absolute atomic E-state index is 0.329. The minimum Gasteiger partial charge on any atom is -0.455 e. The fraction of sp³-hybridized carbons (Fsp3) is 0.364. The third-order valence-corrected chi connectivity index (χ3v) is 2.09. The van der Waals surface area contributed by atoms with Gasteiger partial charge in [0, 0.05) is 0 Å². The SMILES string of the molecule is CC(C)(C)OC(=O)c1ccc2c(N)ncnn12. The van der Waals surface area contributed by atoms with Crippen LogP contribution in [0.15, 0.2) is 18.5 Å². The molecule has 0 bridgehead atoms. The van der Waals surface area contributed by atoms with Gasteiger partial charge in [-0.2, -0.15) is 5.10 Å². The summed E-state index contributed by atoms with van der Waals surface area (Å²) in [6, 6.07) is 3.31. The second-order valence-corrected chi connectivity index (χ2v) is 4.66. The molecule has 6 heteroatoms. The highest BCUT2D eigenvalue weighted by Gasteiger charge is 2.21. The van der Waals surface area contributed by atoms with E-state index >= 15 is 0 Å². The molecule has 6 nitrogen and oxygen atoms in total. The van der Waals surface area contributed by atoms with Crippen molar-refractivity contribution >= 4 is 17.3 Å². The van der Waals surface area contributed by atoms with Crippen LogP contribution in [0.1, 0.15) is 31.3 Å². The molecule has 0 saturated heterocycles. The maximum atomic E-state index is 11.9. The van der Waals surface area contributed by atoms with Gasteiger partial charge in [0.1, 0.15) is 17.4 Å². The van der Waals surface area contributed by atoms with E-state index in [2.05, 4.69) is 10.1 Å². The largest absolute Gasteiger partial charge is 0.455 e. The number of hydrogen-bond donors (Lipinski definition) is 1. The van der Waals surface area contributed by atoms with Crippen molar-refractivity contribution in [2.24, 2.45) is 0 Å². The van der Waals surface area contributed by atoms with E-state index in [1.54, 1.807) is 12.1 Å². The first-order valence-corrected chi connectivity index (χ1v) is 5.20. The molecule has 0 aromatic carbocycles. The Balaban J connectivity index is 2.43. The molecule has 2 aromatic rings. The van der Waals surface area contributed by atoms with Crippen LogP contribution in [0.5, 0.6) is 0 Å². The first kappa shape index (κ1) is 11.4. The summed E-state index contributed by atoms with van der Waals surface area (Å²) in [5.74, 6) is -0.106. The Labute approximate surface area is 98.4 Å². The fourth-order valence-corrected chi connectivity index (χ4v) is 1.44. The van der Waals surface area contributed by atoms with Crippen molar-refractivity contribution in [3.8, 4) is 0 Å². The average Bonchev–Trinajstić information content (AvgIpc) is 2.60. The predicted molar refractivity (Wildman–Crippen MR) is 62.6 cm³/mol. The Morgan fingerprint density at radius 3 is 2.76 bits per heavy atom. The lowest BCUT2D eigenvalue weighted by Crippen LogP contribution is -2.25. The molecule has 0 aliphatic rings. The van der Waals surface area contributed by atoms with Gasteiger partial charge in [-0.05, 0) is 32.9 Å². The molecule has 0 fully saturated rings. The van der Waals surface area contributed by atoms with Gasteiger partial charge in [-0.15, -0.1) is 0 Å². The zero-order chi connectivity index (χ0) is 12.6. The molecule has 0 aliphatic carbocycles. The number of aromatic nitrogens is 3. The molecular formula is C11H14N4O2. The van der Waals surface area contributed by atoms with E-state index in [1.807, 2.05) is 20.8 Å². The Morgan fingerprint density at radius 2 is 2.12 bits per heavy atom. The standard InChI is InChI=1S/C11H14N4O2/c1-11(2,3)17-10(16)8-5-4-7-9(12)13-6-14-15(7)8/h4-6H,1-3H3,(H2,12,13,14). The molecule has 17 heavy (non-hydrogen) atoms. The quantitative estimate of drug-likeness (QED) is 0.751. The topological polar surface area (TPSA) is 82.5 Å². The van der Waals surface area contributed by atoms with E-state index in [0.29, 0.717) is 17.0 Å². The third-order valence-electron chi connectivity index (χ3n) is 2.09. The molecule has 0 aliphatic heterocycles. The van der Waals surface area contributed by atoms with Gasteiger partial charge < -0.3 is 10.5 Å². The van der Waals surface area contributed by atoms with E-state index in [9.17, 15) is 4.79 Å². The van der Waals surface area contributed by atoms with Crippen LogP contribution in [0, 0.1) is 0 Å². The van der Waals surface area contributed by atoms with Gasteiger partial charge in [0.2, 0.25) is 0 Å². The molecule has 0 atom stereocenters. The molecule has 2 N–H and O–H groups in total. The molecule has 2 heterocycles. The molecule has 0 radical (unpaired) electrons. The zero-order valence-corrected chi connectivity index (χ0v) is 9.97. The van der Waals surface area contributed by atoms with Crippen molar-refractivity contribution < 1.29 is 9.53 Å². The normalized spacial score (nSPS) is 11.7. The van der Waals surface area contributed by atoms with Crippen LogP contribution in [-0.4, -0.2) is 26.2 Å². The van der Waals surface area contributed by atoms with Gasteiger partial charge >= 0.3 is 5.97 Å². The fourth-order valence-electron chi connectivity index (χ4n) is 1.44. The highest BCUT2D eigenvalue weighted by atomic mass is 16.6. The first-order valence-electron chi connectivity index (χ1n) is 5.20. The van der Waals surface area contributed by atoms with Crippen LogP contribution in [0.4, 0.5) is 5.82 Å². The van der Waals surface area contributed by atoms with Gasteiger partial charge in [0.05, 0.1) is 0 Å². The molecule has 2 aromatic heterocycles. The van der Waals surface area contributed by atoms with Gasteiger partial charge in [-0.25, -0.2) is 14.3 Å². The predicted octanol–water partition coefficient (Wildman–Crippen LogP) is 1.27. The van der Waals surface area contributed by atoms with Crippen molar-refractivity contribution in [3.63, 3.8) is 0 Å². The van der Waals surface area contributed by atoms with Crippen LogP contribution < -0.4 is 5.73 Å². The lowest BCUT2D eigenvalue weighted by Gasteiger charge is -2.19. The summed E-state index contributed by atoms with van der Waals surface area (Å²) >= 11 is 0. The number of nitrogens with two attached hydrogens (primary N) is 1. The third kappa shape index (κ3) is 2.20. The Morgan fingerprint density at radius 1 is 1.41 bits per heavy atom. The van der Waals surface area contributed by atoms with Gasteiger partial charge in [-0.3, -0.25) is 0 Å². The molecule has 0 amide bonds. The molecule has 0 saturated carbocycles. The molecule has 90 valence electrons.